The minimum absolute atomic E-state index is 0.00850. The molecule has 1 heterocycles. The number of Topliss-reactive ketones (excluding diaryl/α,β-unsaturated/α-hetero) is 1. The van der Waals surface area contributed by atoms with E-state index < -0.39 is 11.5 Å². The first kappa shape index (κ1) is 17.2. The molecular weight excluding hydrogens is 254 g/mol. The molecule has 0 aliphatic carbocycles. The number of carbonyl (C=O) groups is 2. The minimum atomic E-state index is -0.457. The first-order chi connectivity index (χ1) is 9.03. The second-order valence-corrected chi connectivity index (χ2v) is 7.81. The van der Waals surface area contributed by atoms with Crippen molar-refractivity contribution in [2.75, 3.05) is 13.2 Å². The topological polar surface area (TPSA) is 55.4 Å². The molecule has 0 spiro atoms. The van der Waals surface area contributed by atoms with E-state index in [9.17, 15) is 9.59 Å². The van der Waals surface area contributed by atoms with Crippen molar-refractivity contribution in [3.05, 3.63) is 0 Å². The van der Waals surface area contributed by atoms with Gasteiger partial charge in [-0.25, -0.2) is 0 Å². The SMILES string of the molecule is CC(C)(C)C(=O)C(NC(=O)C1CCOCC1)C(C)(C)C. The summed E-state index contributed by atoms with van der Waals surface area (Å²) in [5, 5.41) is 2.99. The highest BCUT2D eigenvalue weighted by Gasteiger charge is 2.39. The molecule has 1 unspecified atom stereocenters. The Morgan fingerprint density at radius 1 is 1.05 bits per heavy atom. The van der Waals surface area contributed by atoms with Crippen LogP contribution in [0.15, 0.2) is 0 Å². The highest BCUT2D eigenvalue weighted by Crippen LogP contribution is 2.28. The van der Waals surface area contributed by atoms with Crippen LogP contribution < -0.4 is 5.32 Å². The fraction of sp³-hybridized carbons (Fsp3) is 0.875. The molecule has 0 aromatic carbocycles. The number of amides is 1. The summed E-state index contributed by atoms with van der Waals surface area (Å²) >= 11 is 0. The zero-order chi connectivity index (χ0) is 15.6. The fourth-order valence-corrected chi connectivity index (χ4v) is 2.33. The van der Waals surface area contributed by atoms with Gasteiger partial charge in [0.2, 0.25) is 5.91 Å². The molecule has 4 heteroatoms. The molecule has 1 amide bonds. The third-order valence-corrected chi connectivity index (χ3v) is 3.75. The molecule has 116 valence electrons. The third kappa shape index (κ3) is 4.58. The van der Waals surface area contributed by atoms with Crippen LogP contribution in [0.25, 0.3) is 0 Å². The smallest absolute Gasteiger partial charge is 0.223 e. The Balaban J connectivity index is 2.80. The Labute approximate surface area is 122 Å². The summed E-state index contributed by atoms with van der Waals surface area (Å²) in [6.45, 7) is 12.9. The van der Waals surface area contributed by atoms with Gasteiger partial charge in [-0.15, -0.1) is 0 Å². The Morgan fingerprint density at radius 2 is 1.55 bits per heavy atom. The van der Waals surface area contributed by atoms with Crippen molar-refractivity contribution >= 4 is 11.7 Å². The van der Waals surface area contributed by atoms with Gasteiger partial charge in [-0.05, 0) is 18.3 Å². The van der Waals surface area contributed by atoms with Crippen LogP contribution in [0.5, 0.6) is 0 Å². The number of rotatable bonds is 3. The first-order valence-corrected chi connectivity index (χ1v) is 7.46. The van der Waals surface area contributed by atoms with E-state index in [1.165, 1.54) is 0 Å². The number of hydrogen-bond acceptors (Lipinski definition) is 3. The van der Waals surface area contributed by atoms with Crippen molar-refractivity contribution in [1.29, 1.82) is 0 Å². The summed E-state index contributed by atoms with van der Waals surface area (Å²) in [5.41, 5.74) is -0.744. The summed E-state index contributed by atoms with van der Waals surface area (Å²) in [6.07, 6.45) is 1.48. The maximum absolute atomic E-state index is 12.6. The number of ketones is 1. The van der Waals surface area contributed by atoms with Crippen molar-refractivity contribution in [1.82, 2.24) is 5.32 Å². The Hall–Kier alpha value is -0.900. The van der Waals surface area contributed by atoms with E-state index in [1.54, 1.807) is 0 Å². The molecule has 1 atom stereocenters. The van der Waals surface area contributed by atoms with E-state index in [0.29, 0.717) is 13.2 Å². The molecule has 20 heavy (non-hydrogen) atoms. The van der Waals surface area contributed by atoms with Gasteiger partial charge in [-0.3, -0.25) is 9.59 Å². The third-order valence-electron chi connectivity index (χ3n) is 3.75. The molecule has 1 aliphatic heterocycles. The lowest BCUT2D eigenvalue weighted by molar-refractivity contribution is -0.137. The van der Waals surface area contributed by atoms with Crippen LogP contribution >= 0.6 is 0 Å². The second kappa shape index (κ2) is 6.25. The molecule has 0 aromatic rings. The average molecular weight is 283 g/mol. The van der Waals surface area contributed by atoms with Gasteiger partial charge in [-0.1, -0.05) is 41.5 Å². The molecule has 0 bridgehead atoms. The van der Waals surface area contributed by atoms with Crippen LogP contribution in [0, 0.1) is 16.7 Å². The number of hydrogen-bond donors (Lipinski definition) is 1. The summed E-state index contributed by atoms with van der Waals surface area (Å²) < 4.78 is 5.28. The summed E-state index contributed by atoms with van der Waals surface area (Å²) in [5.74, 6) is 0.0533. The lowest BCUT2D eigenvalue weighted by Gasteiger charge is -2.36. The molecule has 0 aromatic heterocycles. The van der Waals surface area contributed by atoms with Gasteiger partial charge >= 0.3 is 0 Å². The van der Waals surface area contributed by atoms with Crippen molar-refractivity contribution < 1.29 is 14.3 Å². The zero-order valence-electron chi connectivity index (χ0n) is 13.7. The molecule has 1 rings (SSSR count). The van der Waals surface area contributed by atoms with Gasteiger partial charge in [0.1, 0.15) is 0 Å². The lowest BCUT2D eigenvalue weighted by Crippen LogP contribution is -2.54. The van der Waals surface area contributed by atoms with E-state index in [4.69, 9.17) is 4.74 Å². The summed E-state index contributed by atoms with van der Waals surface area (Å²) in [6, 6.07) is -0.446. The second-order valence-electron chi connectivity index (χ2n) is 7.81. The molecular formula is C16H29NO3. The highest BCUT2D eigenvalue weighted by molar-refractivity contribution is 5.93. The van der Waals surface area contributed by atoms with Crippen LogP contribution in [0.2, 0.25) is 0 Å². The van der Waals surface area contributed by atoms with Gasteiger partial charge < -0.3 is 10.1 Å². The Bertz CT molecular complexity index is 357. The highest BCUT2D eigenvalue weighted by atomic mass is 16.5. The summed E-state index contributed by atoms with van der Waals surface area (Å²) in [4.78, 5) is 25.0. The average Bonchev–Trinajstić information content (AvgIpc) is 2.33. The van der Waals surface area contributed by atoms with E-state index in [1.807, 2.05) is 41.5 Å². The van der Waals surface area contributed by atoms with Crippen LogP contribution in [-0.4, -0.2) is 30.9 Å². The maximum Gasteiger partial charge on any atom is 0.223 e. The van der Waals surface area contributed by atoms with E-state index in [2.05, 4.69) is 5.32 Å². The van der Waals surface area contributed by atoms with Gasteiger partial charge in [0.15, 0.2) is 5.78 Å². The van der Waals surface area contributed by atoms with Crippen LogP contribution in [0.1, 0.15) is 54.4 Å². The van der Waals surface area contributed by atoms with Gasteiger partial charge in [-0.2, -0.15) is 0 Å². The number of ether oxygens (including phenoxy) is 1. The van der Waals surface area contributed by atoms with E-state index in [0.717, 1.165) is 12.8 Å². The van der Waals surface area contributed by atoms with E-state index in [-0.39, 0.29) is 23.0 Å². The largest absolute Gasteiger partial charge is 0.381 e. The molecule has 1 saturated heterocycles. The van der Waals surface area contributed by atoms with Crippen molar-refractivity contribution in [3.63, 3.8) is 0 Å². The minimum Gasteiger partial charge on any atom is -0.381 e. The quantitative estimate of drug-likeness (QED) is 0.866. The number of carbonyl (C=O) groups excluding carboxylic acids is 2. The van der Waals surface area contributed by atoms with Crippen molar-refractivity contribution in [2.24, 2.45) is 16.7 Å². The van der Waals surface area contributed by atoms with Crippen LogP contribution in [0.3, 0.4) is 0 Å². The first-order valence-electron chi connectivity index (χ1n) is 7.46. The van der Waals surface area contributed by atoms with Gasteiger partial charge in [0.25, 0.3) is 0 Å². The number of nitrogens with one attached hydrogen (secondary N) is 1. The Kier molecular flexibility index (Phi) is 5.36. The fourth-order valence-electron chi connectivity index (χ4n) is 2.33. The van der Waals surface area contributed by atoms with Gasteiger partial charge in [0.05, 0.1) is 6.04 Å². The monoisotopic (exact) mass is 283 g/mol. The predicted molar refractivity (Wildman–Crippen MR) is 79.4 cm³/mol. The zero-order valence-corrected chi connectivity index (χ0v) is 13.7. The van der Waals surface area contributed by atoms with Crippen molar-refractivity contribution in [3.8, 4) is 0 Å². The molecule has 0 radical (unpaired) electrons. The lowest BCUT2D eigenvalue weighted by atomic mass is 9.75. The molecule has 1 N–H and O–H groups in total. The van der Waals surface area contributed by atoms with Crippen LogP contribution in [-0.2, 0) is 14.3 Å². The summed E-state index contributed by atoms with van der Waals surface area (Å²) in [7, 11) is 0. The molecule has 1 fully saturated rings. The molecule has 1 aliphatic rings. The normalized spacial score (nSPS) is 19.5. The van der Waals surface area contributed by atoms with Crippen LogP contribution in [0.4, 0.5) is 0 Å². The van der Waals surface area contributed by atoms with Crippen molar-refractivity contribution in [2.45, 2.75) is 60.4 Å². The maximum atomic E-state index is 12.6. The van der Waals surface area contributed by atoms with Gasteiger partial charge in [0, 0.05) is 24.5 Å². The standard InChI is InChI=1S/C16H29NO3/c1-15(2,3)12(13(18)16(4,5)6)17-14(19)11-7-9-20-10-8-11/h11-12H,7-10H2,1-6H3,(H,17,19). The Morgan fingerprint density at radius 3 is 1.95 bits per heavy atom. The van der Waals surface area contributed by atoms with E-state index >= 15 is 0 Å². The molecule has 4 nitrogen and oxygen atoms in total. The molecule has 0 saturated carbocycles. The predicted octanol–water partition coefficient (Wildman–Crippen LogP) is 2.56.